The SMILES string of the molecule is CC1=C(C)NC(=O)C1. The first-order valence-corrected chi connectivity index (χ1v) is 2.66. The van der Waals surface area contributed by atoms with Crippen molar-refractivity contribution in [2.24, 2.45) is 0 Å². The van der Waals surface area contributed by atoms with E-state index in [0.717, 1.165) is 11.3 Å². The lowest BCUT2D eigenvalue weighted by molar-refractivity contribution is -0.118. The van der Waals surface area contributed by atoms with Gasteiger partial charge in [0.2, 0.25) is 5.91 Å². The summed E-state index contributed by atoms with van der Waals surface area (Å²) in [5.41, 5.74) is 2.19. The van der Waals surface area contributed by atoms with Gasteiger partial charge in [-0.05, 0) is 19.4 Å². The van der Waals surface area contributed by atoms with Crippen molar-refractivity contribution in [2.45, 2.75) is 20.3 Å². The quantitative estimate of drug-likeness (QED) is 0.492. The highest BCUT2D eigenvalue weighted by Crippen LogP contribution is 2.11. The lowest BCUT2D eigenvalue weighted by Gasteiger charge is -1.89. The average molecular weight is 111 g/mol. The van der Waals surface area contributed by atoms with E-state index in [0.29, 0.717) is 6.42 Å². The van der Waals surface area contributed by atoms with Gasteiger partial charge in [-0.3, -0.25) is 4.79 Å². The molecule has 0 saturated heterocycles. The van der Waals surface area contributed by atoms with Crippen LogP contribution in [-0.2, 0) is 4.79 Å². The van der Waals surface area contributed by atoms with E-state index in [1.165, 1.54) is 0 Å². The molecule has 1 aliphatic heterocycles. The van der Waals surface area contributed by atoms with Crippen LogP contribution < -0.4 is 5.32 Å². The maximum atomic E-state index is 10.5. The molecule has 0 aromatic rings. The highest BCUT2D eigenvalue weighted by Gasteiger charge is 2.12. The normalized spacial score (nSPS) is 19.5. The summed E-state index contributed by atoms with van der Waals surface area (Å²) in [6.45, 7) is 3.88. The maximum Gasteiger partial charge on any atom is 0.228 e. The van der Waals surface area contributed by atoms with Crippen LogP contribution in [0.2, 0.25) is 0 Å². The van der Waals surface area contributed by atoms with E-state index in [1.54, 1.807) is 0 Å². The Balaban J connectivity index is 2.73. The first kappa shape index (κ1) is 5.35. The van der Waals surface area contributed by atoms with Crippen LogP contribution in [0, 0.1) is 0 Å². The van der Waals surface area contributed by atoms with E-state index in [1.807, 2.05) is 13.8 Å². The molecule has 0 unspecified atom stereocenters. The van der Waals surface area contributed by atoms with Gasteiger partial charge < -0.3 is 5.32 Å². The van der Waals surface area contributed by atoms with Gasteiger partial charge >= 0.3 is 0 Å². The Bertz CT molecular complexity index is 142. The van der Waals surface area contributed by atoms with E-state index < -0.39 is 0 Å². The molecule has 0 fully saturated rings. The summed E-state index contributed by atoms with van der Waals surface area (Å²) in [6.07, 6.45) is 0.589. The van der Waals surface area contributed by atoms with Gasteiger partial charge in [-0.1, -0.05) is 0 Å². The second-order valence-corrected chi connectivity index (χ2v) is 2.13. The average Bonchev–Trinajstić information content (AvgIpc) is 1.85. The molecule has 1 heterocycles. The molecule has 0 spiro atoms. The monoisotopic (exact) mass is 111 g/mol. The van der Waals surface area contributed by atoms with Crippen molar-refractivity contribution in [3.05, 3.63) is 11.3 Å². The molecule has 0 aromatic heterocycles. The lowest BCUT2D eigenvalue weighted by atomic mass is 10.2. The third-order valence-corrected chi connectivity index (χ3v) is 1.39. The van der Waals surface area contributed by atoms with E-state index in [4.69, 9.17) is 0 Å². The molecule has 0 aliphatic carbocycles. The number of carbonyl (C=O) groups excluding carboxylic acids is 1. The molecule has 2 nitrogen and oxygen atoms in total. The fourth-order valence-electron chi connectivity index (χ4n) is 0.733. The molecule has 1 amide bonds. The summed E-state index contributed by atoms with van der Waals surface area (Å²) in [5.74, 6) is 0.125. The fourth-order valence-corrected chi connectivity index (χ4v) is 0.733. The summed E-state index contributed by atoms with van der Waals surface area (Å²) in [5, 5.41) is 2.71. The van der Waals surface area contributed by atoms with Crippen LogP contribution in [0.25, 0.3) is 0 Å². The third kappa shape index (κ3) is 0.735. The Kier molecular flexibility index (Phi) is 1.08. The summed E-state index contributed by atoms with van der Waals surface area (Å²) in [4.78, 5) is 10.5. The zero-order chi connectivity index (χ0) is 6.15. The molecular weight excluding hydrogens is 102 g/mol. The predicted molar refractivity (Wildman–Crippen MR) is 31.1 cm³/mol. The van der Waals surface area contributed by atoms with Crippen LogP contribution in [0.3, 0.4) is 0 Å². The second-order valence-electron chi connectivity index (χ2n) is 2.13. The van der Waals surface area contributed by atoms with Crippen LogP contribution in [0.1, 0.15) is 20.3 Å². The smallest absolute Gasteiger partial charge is 0.228 e. The minimum absolute atomic E-state index is 0.125. The second kappa shape index (κ2) is 1.62. The zero-order valence-corrected chi connectivity index (χ0v) is 5.12. The molecule has 8 heavy (non-hydrogen) atoms. The van der Waals surface area contributed by atoms with Crippen molar-refractivity contribution in [2.75, 3.05) is 0 Å². The van der Waals surface area contributed by atoms with Crippen molar-refractivity contribution in [3.63, 3.8) is 0 Å². The fraction of sp³-hybridized carbons (Fsp3) is 0.500. The minimum Gasteiger partial charge on any atom is -0.330 e. The van der Waals surface area contributed by atoms with E-state index in [2.05, 4.69) is 5.32 Å². The Hall–Kier alpha value is -0.790. The minimum atomic E-state index is 0.125. The summed E-state index contributed by atoms with van der Waals surface area (Å²) in [7, 11) is 0. The molecule has 0 saturated carbocycles. The number of hydrogen-bond acceptors (Lipinski definition) is 1. The van der Waals surface area contributed by atoms with Gasteiger partial charge in [-0.25, -0.2) is 0 Å². The highest BCUT2D eigenvalue weighted by atomic mass is 16.1. The van der Waals surface area contributed by atoms with Gasteiger partial charge in [0, 0.05) is 12.1 Å². The number of allylic oxidation sites excluding steroid dienone is 1. The molecular formula is C6H9NO. The number of hydrogen-bond donors (Lipinski definition) is 1. The maximum absolute atomic E-state index is 10.5. The van der Waals surface area contributed by atoms with E-state index in [-0.39, 0.29) is 5.91 Å². The van der Waals surface area contributed by atoms with Gasteiger partial charge in [-0.15, -0.1) is 0 Å². The zero-order valence-electron chi connectivity index (χ0n) is 5.12. The van der Waals surface area contributed by atoms with Crippen molar-refractivity contribution in [1.82, 2.24) is 5.32 Å². The molecule has 0 atom stereocenters. The highest BCUT2D eigenvalue weighted by molar-refractivity contribution is 5.83. The molecule has 44 valence electrons. The molecule has 2 heteroatoms. The van der Waals surface area contributed by atoms with E-state index >= 15 is 0 Å². The van der Waals surface area contributed by atoms with Crippen LogP contribution in [-0.4, -0.2) is 5.91 Å². The topological polar surface area (TPSA) is 29.1 Å². The first-order chi connectivity index (χ1) is 3.70. The Labute approximate surface area is 48.6 Å². The van der Waals surface area contributed by atoms with Gasteiger partial charge in [-0.2, -0.15) is 0 Å². The Morgan fingerprint density at radius 2 is 2.12 bits per heavy atom. The standard InChI is InChI=1S/C6H9NO/c1-4-3-6(8)7-5(4)2/h3H2,1-2H3,(H,7,8). The Morgan fingerprint density at radius 3 is 2.25 bits per heavy atom. The number of nitrogens with one attached hydrogen (secondary N) is 1. The predicted octanol–water partition coefficient (Wildman–Crippen LogP) is 0.800. The molecule has 0 radical (unpaired) electrons. The lowest BCUT2D eigenvalue weighted by Crippen LogP contribution is -2.12. The molecule has 1 aliphatic rings. The van der Waals surface area contributed by atoms with Gasteiger partial charge in [0.05, 0.1) is 0 Å². The first-order valence-electron chi connectivity index (χ1n) is 2.66. The summed E-state index contributed by atoms with van der Waals surface area (Å²) >= 11 is 0. The third-order valence-electron chi connectivity index (χ3n) is 1.39. The summed E-state index contributed by atoms with van der Waals surface area (Å²) < 4.78 is 0. The van der Waals surface area contributed by atoms with E-state index in [9.17, 15) is 4.79 Å². The van der Waals surface area contributed by atoms with Crippen molar-refractivity contribution in [3.8, 4) is 0 Å². The van der Waals surface area contributed by atoms with Crippen LogP contribution in [0.15, 0.2) is 11.3 Å². The number of amides is 1. The van der Waals surface area contributed by atoms with Crippen LogP contribution in [0.4, 0.5) is 0 Å². The van der Waals surface area contributed by atoms with Crippen molar-refractivity contribution in [1.29, 1.82) is 0 Å². The largest absolute Gasteiger partial charge is 0.330 e. The molecule has 1 rings (SSSR count). The van der Waals surface area contributed by atoms with Crippen molar-refractivity contribution >= 4 is 5.91 Å². The van der Waals surface area contributed by atoms with Crippen molar-refractivity contribution < 1.29 is 4.79 Å². The Morgan fingerprint density at radius 1 is 1.50 bits per heavy atom. The number of carbonyl (C=O) groups is 1. The van der Waals surface area contributed by atoms with Crippen LogP contribution >= 0.6 is 0 Å². The summed E-state index contributed by atoms with van der Waals surface area (Å²) in [6, 6.07) is 0. The number of rotatable bonds is 0. The van der Waals surface area contributed by atoms with Gasteiger partial charge in [0.25, 0.3) is 0 Å². The van der Waals surface area contributed by atoms with Gasteiger partial charge in [0.15, 0.2) is 0 Å². The van der Waals surface area contributed by atoms with Gasteiger partial charge in [0.1, 0.15) is 0 Å². The molecule has 0 bridgehead atoms. The molecule has 0 aromatic carbocycles. The van der Waals surface area contributed by atoms with Crippen LogP contribution in [0.5, 0.6) is 0 Å². The molecule has 1 N–H and O–H groups in total.